The molecular formula is C18H12N2O. The first kappa shape index (κ1) is 12.0. The van der Waals surface area contributed by atoms with Gasteiger partial charge in [-0.25, -0.2) is 9.98 Å². The fourth-order valence-electron chi connectivity index (χ4n) is 2.61. The fourth-order valence-corrected chi connectivity index (χ4v) is 2.61. The summed E-state index contributed by atoms with van der Waals surface area (Å²) in [5.74, 6) is 0.102. The number of carbonyl (C=O) groups excluding carboxylic acids is 1. The largest absolute Gasteiger partial charge is 0.294 e. The number of Topliss-reactive ketones (excluding diaryl/α,β-unsaturated/α-hetero) is 1. The van der Waals surface area contributed by atoms with Gasteiger partial charge in [-0.15, -0.1) is 0 Å². The number of hydrogen-bond donors (Lipinski definition) is 0. The first-order valence-electron chi connectivity index (χ1n) is 6.87. The van der Waals surface area contributed by atoms with E-state index in [1.807, 2.05) is 60.7 Å². The zero-order valence-corrected chi connectivity index (χ0v) is 11.3. The first-order chi connectivity index (χ1) is 10.3. The lowest BCUT2D eigenvalue weighted by atomic mass is 9.98. The minimum absolute atomic E-state index is 0.102. The summed E-state index contributed by atoms with van der Waals surface area (Å²) in [5.41, 5.74) is 3.87. The SMILES string of the molecule is O=C1CC(c2ccc3ccccc3n2)=Nc2ccccc21. The third-order valence-electron chi connectivity index (χ3n) is 3.68. The van der Waals surface area contributed by atoms with Gasteiger partial charge in [-0.2, -0.15) is 0 Å². The van der Waals surface area contributed by atoms with E-state index in [0.29, 0.717) is 12.0 Å². The van der Waals surface area contributed by atoms with Crippen molar-refractivity contribution < 1.29 is 4.79 Å². The molecule has 2 heterocycles. The number of carbonyl (C=O) groups is 1. The predicted molar refractivity (Wildman–Crippen MR) is 83.3 cm³/mol. The predicted octanol–water partition coefficient (Wildman–Crippen LogP) is 3.94. The van der Waals surface area contributed by atoms with Crippen molar-refractivity contribution in [3.8, 4) is 0 Å². The van der Waals surface area contributed by atoms with Gasteiger partial charge < -0.3 is 0 Å². The monoisotopic (exact) mass is 272 g/mol. The maximum Gasteiger partial charge on any atom is 0.171 e. The highest BCUT2D eigenvalue weighted by Gasteiger charge is 2.21. The normalized spacial score (nSPS) is 13.9. The summed E-state index contributed by atoms with van der Waals surface area (Å²) in [4.78, 5) is 21.5. The highest BCUT2D eigenvalue weighted by Crippen LogP contribution is 2.27. The topological polar surface area (TPSA) is 42.3 Å². The van der Waals surface area contributed by atoms with Crippen LogP contribution in [0.25, 0.3) is 10.9 Å². The van der Waals surface area contributed by atoms with E-state index in [4.69, 9.17) is 0 Å². The van der Waals surface area contributed by atoms with E-state index >= 15 is 0 Å². The number of nitrogens with zero attached hydrogens (tertiary/aromatic N) is 2. The number of para-hydroxylation sites is 2. The Morgan fingerprint density at radius 1 is 0.857 bits per heavy atom. The Morgan fingerprint density at radius 3 is 2.62 bits per heavy atom. The van der Waals surface area contributed by atoms with Gasteiger partial charge >= 0.3 is 0 Å². The van der Waals surface area contributed by atoms with Gasteiger partial charge in [0, 0.05) is 10.9 Å². The minimum atomic E-state index is 0.102. The van der Waals surface area contributed by atoms with Crippen LogP contribution in [0.2, 0.25) is 0 Å². The van der Waals surface area contributed by atoms with E-state index in [-0.39, 0.29) is 5.78 Å². The second-order valence-electron chi connectivity index (χ2n) is 5.06. The standard InChI is InChI=1S/C18H12N2O/c21-18-11-17(20-15-8-4-2-6-13(15)18)16-10-9-12-5-1-3-7-14(12)19-16/h1-10H,11H2. The maximum absolute atomic E-state index is 12.2. The summed E-state index contributed by atoms with van der Waals surface area (Å²) in [7, 11) is 0. The summed E-state index contributed by atoms with van der Waals surface area (Å²) < 4.78 is 0. The summed E-state index contributed by atoms with van der Waals surface area (Å²) in [5, 5.41) is 1.09. The highest BCUT2D eigenvalue weighted by molar-refractivity contribution is 6.20. The number of aliphatic imine (C=N–C) groups is 1. The van der Waals surface area contributed by atoms with Gasteiger partial charge in [-0.1, -0.05) is 36.4 Å². The van der Waals surface area contributed by atoms with Gasteiger partial charge in [-0.3, -0.25) is 4.79 Å². The van der Waals surface area contributed by atoms with Crippen molar-refractivity contribution >= 4 is 28.1 Å². The molecule has 0 aliphatic carbocycles. The number of benzene rings is 2. The van der Waals surface area contributed by atoms with Gasteiger partial charge in [0.15, 0.2) is 5.78 Å². The Labute approximate surface area is 122 Å². The van der Waals surface area contributed by atoms with Crippen LogP contribution in [0.1, 0.15) is 22.5 Å². The van der Waals surface area contributed by atoms with Gasteiger partial charge in [-0.05, 0) is 24.3 Å². The molecule has 2 aromatic carbocycles. The second-order valence-corrected chi connectivity index (χ2v) is 5.06. The molecule has 0 saturated carbocycles. The summed E-state index contributed by atoms with van der Waals surface area (Å²) >= 11 is 0. The third-order valence-corrected chi connectivity index (χ3v) is 3.68. The van der Waals surface area contributed by atoms with E-state index in [1.165, 1.54) is 0 Å². The molecule has 1 aliphatic heterocycles. The number of pyridine rings is 1. The van der Waals surface area contributed by atoms with E-state index in [9.17, 15) is 4.79 Å². The summed E-state index contributed by atoms with van der Waals surface area (Å²) in [6.07, 6.45) is 0.308. The molecule has 0 amide bonds. The number of hydrogen-bond acceptors (Lipinski definition) is 3. The Kier molecular flexibility index (Phi) is 2.64. The Hall–Kier alpha value is -2.81. The van der Waals surface area contributed by atoms with E-state index in [0.717, 1.165) is 28.0 Å². The molecule has 0 N–H and O–H groups in total. The van der Waals surface area contributed by atoms with Crippen molar-refractivity contribution in [2.24, 2.45) is 4.99 Å². The third kappa shape index (κ3) is 2.03. The van der Waals surface area contributed by atoms with Crippen LogP contribution in [0.4, 0.5) is 5.69 Å². The molecule has 0 fully saturated rings. The number of fused-ring (bicyclic) bond motifs is 2. The second kappa shape index (κ2) is 4.63. The van der Waals surface area contributed by atoms with Gasteiger partial charge in [0.25, 0.3) is 0 Å². The summed E-state index contributed by atoms with van der Waals surface area (Å²) in [6, 6.07) is 19.3. The lowest BCUT2D eigenvalue weighted by Crippen LogP contribution is -2.15. The molecule has 0 spiro atoms. The van der Waals surface area contributed by atoms with Crippen molar-refractivity contribution in [1.29, 1.82) is 0 Å². The molecule has 0 unspecified atom stereocenters. The van der Waals surface area contributed by atoms with Gasteiger partial charge in [0.2, 0.25) is 0 Å². The molecule has 21 heavy (non-hydrogen) atoms. The molecular weight excluding hydrogens is 260 g/mol. The van der Waals surface area contributed by atoms with Crippen molar-refractivity contribution in [3.05, 3.63) is 71.9 Å². The van der Waals surface area contributed by atoms with Gasteiger partial charge in [0.1, 0.15) is 0 Å². The Bertz CT molecular complexity index is 896. The van der Waals surface area contributed by atoms with Crippen LogP contribution < -0.4 is 0 Å². The van der Waals surface area contributed by atoms with Crippen LogP contribution in [0, 0.1) is 0 Å². The summed E-state index contributed by atoms with van der Waals surface area (Å²) in [6.45, 7) is 0. The van der Waals surface area contributed by atoms with Crippen LogP contribution in [0.15, 0.2) is 65.7 Å². The molecule has 1 aromatic heterocycles. The van der Waals surface area contributed by atoms with Crippen LogP contribution in [-0.2, 0) is 0 Å². The van der Waals surface area contributed by atoms with Crippen LogP contribution in [-0.4, -0.2) is 16.5 Å². The maximum atomic E-state index is 12.2. The molecule has 0 bridgehead atoms. The van der Waals surface area contributed by atoms with Crippen molar-refractivity contribution in [3.63, 3.8) is 0 Å². The van der Waals surface area contributed by atoms with Crippen molar-refractivity contribution in [2.45, 2.75) is 6.42 Å². The molecule has 0 saturated heterocycles. The minimum Gasteiger partial charge on any atom is -0.294 e. The molecule has 1 aliphatic rings. The quantitative estimate of drug-likeness (QED) is 0.673. The molecule has 3 aromatic rings. The molecule has 0 radical (unpaired) electrons. The molecule has 0 atom stereocenters. The average molecular weight is 272 g/mol. The highest BCUT2D eigenvalue weighted by atomic mass is 16.1. The van der Waals surface area contributed by atoms with E-state index in [1.54, 1.807) is 0 Å². The number of aromatic nitrogens is 1. The average Bonchev–Trinajstić information content (AvgIpc) is 2.54. The van der Waals surface area contributed by atoms with Crippen molar-refractivity contribution in [2.75, 3.05) is 0 Å². The number of ketones is 1. The lowest BCUT2D eigenvalue weighted by Gasteiger charge is -2.14. The van der Waals surface area contributed by atoms with Crippen LogP contribution in [0.3, 0.4) is 0 Å². The van der Waals surface area contributed by atoms with Gasteiger partial charge in [0.05, 0.1) is 29.0 Å². The molecule has 3 heteroatoms. The molecule has 100 valence electrons. The smallest absolute Gasteiger partial charge is 0.171 e. The van der Waals surface area contributed by atoms with Crippen molar-refractivity contribution in [1.82, 2.24) is 4.98 Å². The Balaban J connectivity index is 1.86. The van der Waals surface area contributed by atoms with E-state index in [2.05, 4.69) is 9.98 Å². The zero-order valence-electron chi connectivity index (χ0n) is 11.3. The van der Waals surface area contributed by atoms with Crippen LogP contribution in [0.5, 0.6) is 0 Å². The first-order valence-corrected chi connectivity index (χ1v) is 6.87. The molecule has 4 rings (SSSR count). The fraction of sp³-hybridized carbons (Fsp3) is 0.0556. The number of rotatable bonds is 1. The molecule has 3 nitrogen and oxygen atoms in total. The zero-order chi connectivity index (χ0) is 14.2. The van der Waals surface area contributed by atoms with E-state index < -0.39 is 0 Å². The lowest BCUT2D eigenvalue weighted by molar-refractivity contribution is 0.1000. The van der Waals surface area contributed by atoms with Crippen LogP contribution >= 0.6 is 0 Å². The Morgan fingerprint density at radius 2 is 1.67 bits per heavy atom.